The third-order valence-corrected chi connectivity index (χ3v) is 4.91. The summed E-state index contributed by atoms with van der Waals surface area (Å²) in [6.07, 6.45) is 7.80. The summed E-state index contributed by atoms with van der Waals surface area (Å²) in [5.41, 5.74) is 15.7. The Balaban J connectivity index is 1.85. The van der Waals surface area contributed by atoms with Crippen molar-refractivity contribution in [3.05, 3.63) is 35.0 Å². The van der Waals surface area contributed by atoms with Crippen molar-refractivity contribution in [1.82, 2.24) is 9.97 Å². The molecule has 1 aliphatic rings. The molecule has 1 aromatic heterocycles. The molecule has 1 amide bonds. The Labute approximate surface area is 179 Å². The first-order valence-electron chi connectivity index (χ1n) is 9.51. The van der Waals surface area contributed by atoms with Gasteiger partial charge in [0.25, 0.3) is 5.91 Å². The van der Waals surface area contributed by atoms with Crippen LogP contribution in [0.25, 0.3) is 0 Å². The maximum Gasteiger partial charge on any atom is 0.254 e. The number of halogens is 1. The highest BCUT2D eigenvalue weighted by Crippen LogP contribution is 2.27. The quantitative estimate of drug-likeness (QED) is 0.277. The normalized spacial score (nSPS) is 18.7. The van der Waals surface area contributed by atoms with Crippen molar-refractivity contribution in [2.75, 3.05) is 16.1 Å². The summed E-state index contributed by atoms with van der Waals surface area (Å²) in [6.45, 7) is 0. The molecule has 1 aromatic carbocycles. The van der Waals surface area contributed by atoms with Crippen LogP contribution in [0, 0.1) is 5.41 Å². The fourth-order valence-corrected chi connectivity index (χ4v) is 3.48. The molecule has 8 N–H and O–H groups in total. The number of carbonyl (C=O) groups is 1. The van der Waals surface area contributed by atoms with Crippen molar-refractivity contribution in [3.8, 4) is 0 Å². The number of nitrogens with two attached hydrogens (primary N) is 2. The van der Waals surface area contributed by atoms with E-state index in [1.807, 2.05) is 0 Å². The minimum absolute atomic E-state index is 0.0256. The van der Waals surface area contributed by atoms with Crippen LogP contribution in [0.3, 0.4) is 0 Å². The van der Waals surface area contributed by atoms with E-state index in [4.69, 9.17) is 28.5 Å². The Morgan fingerprint density at radius 3 is 2.77 bits per heavy atom. The van der Waals surface area contributed by atoms with Crippen molar-refractivity contribution in [2.24, 2.45) is 16.6 Å². The van der Waals surface area contributed by atoms with Gasteiger partial charge in [0.2, 0.25) is 5.95 Å². The van der Waals surface area contributed by atoms with Crippen molar-refractivity contribution in [3.63, 3.8) is 0 Å². The number of anilines is 4. The number of amides is 1. The number of benzene rings is 1. The third-order valence-electron chi connectivity index (χ3n) is 4.69. The zero-order valence-electron chi connectivity index (χ0n) is 16.2. The summed E-state index contributed by atoms with van der Waals surface area (Å²) >= 11 is 6.18. The number of hydrogen-bond acceptors (Lipinski definition) is 9. The molecule has 1 fully saturated rings. The minimum atomic E-state index is -0.658. The van der Waals surface area contributed by atoms with Gasteiger partial charge < -0.3 is 27.5 Å². The van der Waals surface area contributed by atoms with Crippen molar-refractivity contribution >= 4 is 53.1 Å². The SMILES string of the molecule is N=C/C=N\Nc1cc(Cl)cc(Nc2nc(N[C@@H]3CCCC[C@@H]3N)ncc2C(N)=O)c1. The second-order valence-electron chi connectivity index (χ2n) is 6.93. The summed E-state index contributed by atoms with van der Waals surface area (Å²) < 4.78 is 0. The molecule has 3 rings (SSSR count). The largest absolute Gasteiger partial charge is 0.365 e. The lowest BCUT2D eigenvalue weighted by atomic mass is 9.91. The van der Waals surface area contributed by atoms with E-state index in [9.17, 15) is 4.79 Å². The molecule has 1 heterocycles. The van der Waals surface area contributed by atoms with Crippen LogP contribution < -0.4 is 27.5 Å². The van der Waals surface area contributed by atoms with Crippen molar-refractivity contribution in [1.29, 1.82) is 5.41 Å². The molecule has 10 nitrogen and oxygen atoms in total. The molecule has 30 heavy (non-hydrogen) atoms. The number of carbonyl (C=O) groups excluding carboxylic acids is 1. The van der Waals surface area contributed by atoms with Crippen molar-refractivity contribution < 1.29 is 4.79 Å². The van der Waals surface area contributed by atoms with Gasteiger partial charge in [-0.2, -0.15) is 10.1 Å². The minimum Gasteiger partial charge on any atom is -0.365 e. The molecule has 2 aromatic rings. The first-order chi connectivity index (χ1) is 14.5. The Morgan fingerprint density at radius 2 is 2.03 bits per heavy atom. The lowest BCUT2D eigenvalue weighted by molar-refractivity contribution is 0.100. The first kappa shape index (κ1) is 21.5. The molecular formula is C19H24ClN9O. The lowest BCUT2D eigenvalue weighted by Crippen LogP contribution is -2.43. The van der Waals surface area contributed by atoms with E-state index in [2.05, 4.69) is 31.1 Å². The van der Waals surface area contributed by atoms with Gasteiger partial charge in [-0.05, 0) is 31.0 Å². The summed E-state index contributed by atoms with van der Waals surface area (Å²) in [5, 5.41) is 17.6. The second-order valence-corrected chi connectivity index (χ2v) is 7.37. The molecule has 1 saturated carbocycles. The van der Waals surface area contributed by atoms with E-state index in [-0.39, 0.29) is 23.5 Å². The zero-order chi connectivity index (χ0) is 21.5. The number of nitrogens with zero attached hydrogens (tertiary/aromatic N) is 3. The average Bonchev–Trinajstić information content (AvgIpc) is 2.69. The molecule has 2 atom stereocenters. The van der Waals surface area contributed by atoms with E-state index in [1.165, 1.54) is 12.4 Å². The molecule has 0 aliphatic heterocycles. The van der Waals surface area contributed by atoms with Gasteiger partial charge in [0, 0.05) is 35.2 Å². The number of hydrogen-bond donors (Lipinski definition) is 6. The van der Waals surface area contributed by atoms with Crippen molar-refractivity contribution in [2.45, 2.75) is 37.8 Å². The summed E-state index contributed by atoms with van der Waals surface area (Å²) in [6, 6.07) is 5.16. The van der Waals surface area contributed by atoms with E-state index in [0.717, 1.165) is 31.9 Å². The van der Waals surface area contributed by atoms with Crippen LogP contribution in [-0.4, -0.2) is 40.4 Å². The third kappa shape index (κ3) is 5.65. The standard InChI is InChI=1S/C19H24ClN9O/c20-11-7-12(9-13(8-11)29-25-6-5-21)26-18-14(17(23)30)10-24-19(28-18)27-16-4-2-1-3-15(16)22/h5-10,15-16,21,29H,1-4,22H2,(H2,23,30)(H2,24,26,27,28)/b21-5?,25-6-/t15-,16+/m0/s1. The maximum absolute atomic E-state index is 11.9. The molecule has 11 heteroatoms. The predicted octanol–water partition coefficient (Wildman–Crippen LogP) is 2.70. The van der Waals surface area contributed by atoms with Crippen LogP contribution >= 0.6 is 11.6 Å². The molecule has 1 aliphatic carbocycles. The zero-order valence-corrected chi connectivity index (χ0v) is 17.0. The van der Waals surface area contributed by atoms with Crippen LogP contribution in [-0.2, 0) is 0 Å². The van der Waals surface area contributed by atoms with Crippen LogP contribution in [0.2, 0.25) is 5.02 Å². The van der Waals surface area contributed by atoms with Crippen LogP contribution in [0.1, 0.15) is 36.0 Å². The summed E-state index contributed by atoms with van der Waals surface area (Å²) in [4.78, 5) is 20.5. The van der Waals surface area contributed by atoms with Crippen LogP contribution in [0.4, 0.5) is 23.1 Å². The Hall–Kier alpha value is -3.24. The molecule has 0 bridgehead atoms. The highest BCUT2D eigenvalue weighted by Gasteiger charge is 2.23. The van der Waals surface area contributed by atoms with Gasteiger partial charge in [0.1, 0.15) is 11.4 Å². The van der Waals surface area contributed by atoms with Gasteiger partial charge in [-0.15, -0.1) is 0 Å². The van der Waals surface area contributed by atoms with Gasteiger partial charge >= 0.3 is 0 Å². The lowest BCUT2D eigenvalue weighted by Gasteiger charge is -2.29. The van der Waals surface area contributed by atoms with E-state index in [1.54, 1.807) is 18.2 Å². The Kier molecular flexibility index (Phi) is 7.15. The smallest absolute Gasteiger partial charge is 0.254 e. The van der Waals surface area contributed by atoms with Crippen LogP contribution in [0.15, 0.2) is 29.5 Å². The van der Waals surface area contributed by atoms with Crippen LogP contribution in [0.5, 0.6) is 0 Å². The van der Waals surface area contributed by atoms with Gasteiger partial charge in [-0.1, -0.05) is 24.4 Å². The number of primary amides is 1. The van der Waals surface area contributed by atoms with Gasteiger partial charge in [-0.25, -0.2) is 4.98 Å². The Bertz CT molecular complexity index is 950. The van der Waals surface area contributed by atoms with Gasteiger partial charge in [-0.3, -0.25) is 10.2 Å². The Morgan fingerprint density at radius 1 is 1.27 bits per heavy atom. The van der Waals surface area contributed by atoms with E-state index in [0.29, 0.717) is 22.3 Å². The predicted molar refractivity (Wildman–Crippen MR) is 120 cm³/mol. The molecule has 0 radical (unpaired) electrons. The topological polar surface area (TPSA) is 167 Å². The highest BCUT2D eigenvalue weighted by molar-refractivity contribution is 6.31. The van der Waals surface area contributed by atoms with Gasteiger partial charge in [0.15, 0.2) is 0 Å². The summed E-state index contributed by atoms with van der Waals surface area (Å²) in [7, 11) is 0. The number of aromatic nitrogens is 2. The molecule has 0 spiro atoms. The summed E-state index contributed by atoms with van der Waals surface area (Å²) in [5.74, 6) is -0.0456. The first-order valence-corrected chi connectivity index (χ1v) is 9.89. The maximum atomic E-state index is 11.9. The number of nitrogens with one attached hydrogen (secondary N) is 4. The van der Waals surface area contributed by atoms with E-state index >= 15 is 0 Å². The van der Waals surface area contributed by atoms with E-state index < -0.39 is 5.91 Å². The molecule has 0 saturated heterocycles. The molecule has 0 unspecified atom stereocenters. The average molecular weight is 430 g/mol. The fraction of sp³-hybridized carbons (Fsp3) is 0.316. The highest BCUT2D eigenvalue weighted by atomic mass is 35.5. The van der Waals surface area contributed by atoms with Gasteiger partial charge in [0.05, 0.1) is 11.9 Å². The number of rotatable bonds is 8. The molecular weight excluding hydrogens is 406 g/mol. The fourth-order valence-electron chi connectivity index (χ4n) is 3.24. The number of hydrazone groups is 1. The second kappa shape index (κ2) is 9.99. The molecule has 158 valence electrons. The monoisotopic (exact) mass is 429 g/mol.